The van der Waals surface area contributed by atoms with E-state index in [1.54, 1.807) is 0 Å². The Balaban J connectivity index is 2.16. The third kappa shape index (κ3) is 1.83. The third-order valence-electron chi connectivity index (χ3n) is 3.02. The Morgan fingerprint density at radius 3 is 3.00 bits per heavy atom. The van der Waals surface area contributed by atoms with Crippen LogP contribution in [0.5, 0.6) is 5.75 Å². The molecule has 90 valence electrons. The molecule has 2 unspecified atom stereocenters. The van der Waals surface area contributed by atoms with Gasteiger partial charge in [-0.1, -0.05) is 15.9 Å². The van der Waals surface area contributed by atoms with Gasteiger partial charge in [-0.25, -0.2) is 4.79 Å². The Kier molecular flexibility index (Phi) is 2.42. The minimum Gasteiger partial charge on any atom is -0.467 e. The molecule has 3 rings (SSSR count). The second-order valence-corrected chi connectivity index (χ2v) is 6.26. The molecule has 17 heavy (non-hydrogen) atoms. The molecule has 2 aliphatic rings. The molecular formula is C11H10Br2N2O2. The van der Waals surface area contributed by atoms with Crippen LogP contribution in [0.4, 0.5) is 4.79 Å². The van der Waals surface area contributed by atoms with Gasteiger partial charge in [0.25, 0.3) is 0 Å². The second-order valence-electron chi connectivity index (χ2n) is 4.49. The van der Waals surface area contributed by atoms with Crippen molar-refractivity contribution in [3.8, 4) is 5.75 Å². The van der Waals surface area contributed by atoms with E-state index in [2.05, 4.69) is 42.5 Å². The quantitative estimate of drug-likeness (QED) is 0.746. The number of ether oxygens (including phenoxy) is 1. The van der Waals surface area contributed by atoms with E-state index >= 15 is 0 Å². The van der Waals surface area contributed by atoms with Gasteiger partial charge in [-0.2, -0.15) is 0 Å². The minimum absolute atomic E-state index is 0.00806. The molecule has 2 atom stereocenters. The summed E-state index contributed by atoms with van der Waals surface area (Å²) in [5.41, 5.74) is 0.370. The summed E-state index contributed by atoms with van der Waals surface area (Å²) in [6, 6.07) is 3.72. The predicted molar refractivity (Wildman–Crippen MR) is 69.9 cm³/mol. The third-order valence-corrected chi connectivity index (χ3v) is 4.06. The van der Waals surface area contributed by atoms with Crippen LogP contribution in [0, 0.1) is 0 Å². The van der Waals surface area contributed by atoms with Crippen molar-refractivity contribution in [2.45, 2.75) is 25.1 Å². The second kappa shape index (κ2) is 3.62. The van der Waals surface area contributed by atoms with Gasteiger partial charge in [0, 0.05) is 16.5 Å². The maximum absolute atomic E-state index is 11.5. The molecule has 2 heterocycles. The summed E-state index contributed by atoms with van der Waals surface area (Å²) in [5, 5.41) is 5.71. The minimum atomic E-state index is -0.629. The first-order valence-corrected chi connectivity index (χ1v) is 6.82. The molecule has 0 aromatic heterocycles. The first-order valence-electron chi connectivity index (χ1n) is 5.23. The fraction of sp³-hybridized carbons (Fsp3) is 0.364. The van der Waals surface area contributed by atoms with Crippen molar-refractivity contribution in [1.82, 2.24) is 10.6 Å². The number of halogens is 2. The van der Waals surface area contributed by atoms with Crippen LogP contribution in [0.25, 0.3) is 0 Å². The van der Waals surface area contributed by atoms with Crippen LogP contribution >= 0.6 is 31.9 Å². The Bertz CT molecular complexity index is 520. The average molecular weight is 362 g/mol. The summed E-state index contributed by atoms with van der Waals surface area (Å²) in [6.45, 7) is 1.89. The van der Waals surface area contributed by atoms with Crippen molar-refractivity contribution in [2.24, 2.45) is 0 Å². The normalized spacial score (nSPS) is 29.8. The molecule has 1 fully saturated rings. The van der Waals surface area contributed by atoms with Crippen LogP contribution in [0.15, 0.2) is 21.1 Å². The van der Waals surface area contributed by atoms with Gasteiger partial charge in [-0.15, -0.1) is 0 Å². The van der Waals surface area contributed by atoms with Gasteiger partial charge >= 0.3 is 6.03 Å². The smallest absolute Gasteiger partial charge is 0.318 e. The summed E-state index contributed by atoms with van der Waals surface area (Å²) in [7, 11) is 0. The highest BCUT2D eigenvalue weighted by Gasteiger charge is 2.44. The number of rotatable bonds is 0. The zero-order valence-electron chi connectivity index (χ0n) is 9.01. The fourth-order valence-electron chi connectivity index (χ4n) is 2.35. The molecule has 2 aliphatic heterocycles. The van der Waals surface area contributed by atoms with Crippen LogP contribution < -0.4 is 15.4 Å². The van der Waals surface area contributed by atoms with Crippen molar-refractivity contribution in [1.29, 1.82) is 0 Å². The van der Waals surface area contributed by atoms with E-state index in [-0.39, 0.29) is 12.1 Å². The molecule has 2 N–H and O–H groups in total. The lowest BCUT2D eigenvalue weighted by atomic mass is 9.92. The Hall–Kier alpha value is -0.750. The molecule has 0 spiro atoms. The summed E-state index contributed by atoms with van der Waals surface area (Å²) in [5.74, 6) is 0.791. The Labute approximate surface area is 115 Å². The Morgan fingerprint density at radius 2 is 2.24 bits per heavy atom. The van der Waals surface area contributed by atoms with Crippen molar-refractivity contribution in [2.75, 3.05) is 0 Å². The molecule has 0 radical (unpaired) electrons. The van der Waals surface area contributed by atoms with Gasteiger partial charge in [-0.05, 0) is 35.0 Å². The topological polar surface area (TPSA) is 50.4 Å². The molecular weight excluding hydrogens is 352 g/mol. The van der Waals surface area contributed by atoms with Crippen molar-refractivity contribution >= 4 is 37.9 Å². The van der Waals surface area contributed by atoms with E-state index in [9.17, 15) is 4.79 Å². The lowest BCUT2D eigenvalue weighted by molar-refractivity contribution is 0.0111. The number of fused-ring (bicyclic) bond motifs is 4. The number of benzene rings is 1. The number of urea groups is 1. The van der Waals surface area contributed by atoms with Gasteiger partial charge < -0.3 is 15.4 Å². The number of carbonyl (C=O) groups excluding carboxylic acids is 1. The highest BCUT2D eigenvalue weighted by molar-refractivity contribution is 9.11. The zero-order valence-corrected chi connectivity index (χ0v) is 12.2. The molecule has 0 saturated carbocycles. The van der Waals surface area contributed by atoms with Gasteiger partial charge in [0.15, 0.2) is 5.72 Å². The van der Waals surface area contributed by atoms with Gasteiger partial charge in [0.05, 0.1) is 10.5 Å². The van der Waals surface area contributed by atoms with Crippen LogP contribution in [0.2, 0.25) is 0 Å². The summed E-state index contributed by atoms with van der Waals surface area (Å²) in [6.07, 6.45) is 0.717. The molecule has 1 aromatic carbocycles. The zero-order chi connectivity index (χ0) is 12.2. The molecule has 2 bridgehead atoms. The Morgan fingerprint density at radius 1 is 1.47 bits per heavy atom. The van der Waals surface area contributed by atoms with Crippen LogP contribution in [0.3, 0.4) is 0 Å². The van der Waals surface area contributed by atoms with E-state index in [4.69, 9.17) is 4.74 Å². The summed E-state index contributed by atoms with van der Waals surface area (Å²) in [4.78, 5) is 11.5. The molecule has 2 amide bonds. The van der Waals surface area contributed by atoms with Crippen molar-refractivity contribution < 1.29 is 9.53 Å². The van der Waals surface area contributed by atoms with Crippen molar-refractivity contribution in [3.05, 3.63) is 26.6 Å². The van der Waals surface area contributed by atoms with Gasteiger partial charge in [0.2, 0.25) is 0 Å². The molecule has 1 aromatic rings. The average Bonchev–Trinajstić information content (AvgIpc) is 2.19. The largest absolute Gasteiger partial charge is 0.467 e. The lowest BCUT2D eigenvalue weighted by Crippen LogP contribution is -2.62. The van der Waals surface area contributed by atoms with Crippen molar-refractivity contribution in [3.63, 3.8) is 0 Å². The SMILES string of the molecule is CC12CC(NC(=O)N1)c1cc(Br)cc(Br)c1O2. The maximum atomic E-state index is 11.5. The van der Waals surface area contributed by atoms with Crippen LogP contribution in [-0.4, -0.2) is 11.8 Å². The van der Waals surface area contributed by atoms with Gasteiger partial charge in [0.1, 0.15) is 5.75 Å². The molecule has 0 aliphatic carbocycles. The summed E-state index contributed by atoms with van der Waals surface area (Å²) >= 11 is 6.93. The number of hydrogen-bond donors (Lipinski definition) is 2. The van der Waals surface area contributed by atoms with E-state index in [1.165, 1.54) is 0 Å². The summed E-state index contributed by atoms with van der Waals surface area (Å²) < 4.78 is 7.75. The van der Waals surface area contributed by atoms with E-state index in [0.717, 1.165) is 20.3 Å². The molecule has 4 nitrogen and oxygen atoms in total. The van der Waals surface area contributed by atoms with E-state index in [0.29, 0.717) is 6.42 Å². The molecule has 6 heteroatoms. The fourth-order valence-corrected chi connectivity index (χ4v) is 3.69. The van der Waals surface area contributed by atoms with E-state index < -0.39 is 5.72 Å². The monoisotopic (exact) mass is 360 g/mol. The lowest BCUT2D eigenvalue weighted by Gasteiger charge is -2.44. The molecule has 1 saturated heterocycles. The highest BCUT2D eigenvalue weighted by atomic mass is 79.9. The first-order chi connectivity index (χ1) is 7.97. The van der Waals surface area contributed by atoms with Crippen LogP contribution in [-0.2, 0) is 0 Å². The van der Waals surface area contributed by atoms with Gasteiger partial charge in [-0.3, -0.25) is 0 Å². The highest BCUT2D eigenvalue weighted by Crippen LogP contribution is 2.45. The number of hydrogen-bond acceptors (Lipinski definition) is 2. The van der Waals surface area contributed by atoms with E-state index in [1.807, 2.05) is 19.1 Å². The number of nitrogens with one attached hydrogen (secondary N) is 2. The first kappa shape index (κ1) is 11.3. The van der Waals surface area contributed by atoms with Crippen LogP contribution in [0.1, 0.15) is 24.9 Å². The number of carbonyl (C=O) groups is 1. The number of amides is 2. The maximum Gasteiger partial charge on any atom is 0.318 e. The standard InChI is InChI=1S/C11H10Br2N2O2/c1-11-4-8(14-10(16)15-11)6-2-5(12)3-7(13)9(6)17-11/h2-3,8H,4H2,1H3,(H2,14,15,16). The predicted octanol–water partition coefficient (Wildman–Crippen LogP) is 3.06.